The lowest BCUT2D eigenvalue weighted by molar-refractivity contribution is -0.131. The lowest BCUT2D eigenvalue weighted by Gasteiger charge is -2.12. The van der Waals surface area contributed by atoms with Crippen molar-refractivity contribution in [3.63, 3.8) is 0 Å². The number of nitrogens with one attached hydrogen (secondary N) is 1. The molecule has 5 heteroatoms. The highest BCUT2D eigenvalue weighted by Crippen LogP contribution is 2.22. The van der Waals surface area contributed by atoms with Gasteiger partial charge in [0.15, 0.2) is 0 Å². The molecular formula is C15H22N2O2S. The fraction of sp³-hybridized carbons (Fsp3) is 0.600. The smallest absolute Gasteiger partial charge is 0.244 e. The number of hydrogen-bond acceptors (Lipinski definition) is 3. The maximum absolute atomic E-state index is 11.9. The number of amides is 2. The van der Waals surface area contributed by atoms with E-state index < -0.39 is 0 Å². The number of rotatable bonds is 5. The third-order valence-corrected chi connectivity index (χ3v) is 4.76. The lowest BCUT2D eigenvalue weighted by atomic mass is 10.1. The Labute approximate surface area is 124 Å². The third kappa shape index (κ3) is 3.60. The van der Waals surface area contributed by atoms with Crippen molar-refractivity contribution in [2.45, 2.75) is 45.6 Å². The summed E-state index contributed by atoms with van der Waals surface area (Å²) >= 11 is 1.80. The van der Waals surface area contributed by atoms with Gasteiger partial charge in [0.05, 0.1) is 0 Å². The Morgan fingerprint density at radius 1 is 1.50 bits per heavy atom. The average molecular weight is 294 g/mol. The van der Waals surface area contributed by atoms with Crippen LogP contribution in [0.5, 0.6) is 0 Å². The number of likely N-dealkylation sites (N-methyl/N-ethyl adjacent to an activating group) is 1. The van der Waals surface area contributed by atoms with E-state index in [1.54, 1.807) is 23.3 Å². The number of likely N-dealkylation sites (tertiary alicyclic amines) is 1. The number of thiophene rings is 1. The van der Waals surface area contributed by atoms with Crippen molar-refractivity contribution in [3.05, 3.63) is 21.4 Å². The molecule has 1 aliphatic rings. The van der Waals surface area contributed by atoms with Gasteiger partial charge in [-0.2, -0.15) is 0 Å². The topological polar surface area (TPSA) is 49.4 Å². The van der Waals surface area contributed by atoms with Crippen molar-refractivity contribution in [1.29, 1.82) is 0 Å². The van der Waals surface area contributed by atoms with Crippen LogP contribution in [-0.2, 0) is 16.0 Å². The molecule has 2 heterocycles. The van der Waals surface area contributed by atoms with Crippen LogP contribution >= 0.6 is 11.3 Å². The number of carbonyl (C=O) groups is 2. The van der Waals surface area contributed by atoms with E-state index in [2.05, 4.69) is 25.2 Å². The van der Waals surface area contributed by atoms with Crippen LogP contribution in [0.2, 0.25) is 0 Å². The Morgan fingerprint density at radius 3 is 2.80 bits per heavy atom. The van der Waals surface area contributed by atoms with Gasteiger partial charge in [0.1, 0.15) is 6.04 Å². The highest BCUT2D eigenvalue weighted by Gasteiger charge is 2.29. The first-order valence-electron chi connectivity index (χ1n) is 7.07. The van der Waals surface area contributed by atoms with Gasteiger partial charge in [0.25, 0.3) is 0 Å². The normalized spacial score (nSPS) is 18.6. The zero-order chi connectivity index (χ0) is 14.7. The second kappa shape index (κ2) is 6.39. The summed E-state index contributed by atoms with van der Waals surface area (Å²) in [5, 5.41) is 2.84. The van der Waals surface area contributed by atoms with Crippen LogP contribution < -0.4 is 5.32 Å². The Morgan fingerprint density at radius 2 is 2.25 bits per heavy atom. The van der Waals surface area contributed by atoms with Crippen molar-refractivity contribution in [2.75, 3.05) is 13.6 Å². The fourth-order valence-corrected chi connectivity index (χ4v) is 3.57. The first kappa shape index (κ1) is 15.0. The summed E-state index contributed by atoms with van der Waals surface area (Å²) in [5.41, 5.74) is 1.34. The predicted octanol–water partition coefficient (Wildman–Crippen LogP) is 2.03. The summed E-state index contributed by atoms with van der Waals surface area (Å²) < 4.78 is 0. The molecule has 0 radical (unpaired) electrons. The summed E-state index contributed by atoms with van der Waals surface area (Å²) in [6.45, 7) is 4.97. The quantitative estimate of drug-likeness (QED) is 0.903. The molecule has 1 aliphatic heterocycles. The summed E-state index contributed by atoms with van der Waals surface area (Å²) in [6.07, 6.45) is 2.98. The predicted molar refractivity (Wildman–Crippen MR) is 80.9 cm³/mol. The molecule has 20 heavy (non-hydrogen) atoms. The van der Waals surface area contributed by atoms with Crippen molar-refractivity contribution in [1.82, 2.24) is 10.2 Å². The van der Waals surface area contributed by atoms with Crippen molar-refractivity contribution >= 4 is 23.2 Å². The van der Waals surface area contributed by atoms with Gasteiger partial charge in [0, 0.05) is 29.8 Å². The van der Waals surface area contributed by atoms with Crippen LogP contribution in [0.3, 0.4) is 0 Å². The minimum atomic E-state index is -0.308. The monoisotopic (exact) mass is 294 g/mol. The van der Waals surface area contributed by atoms with E-state index in [1.807, 2.05) is 0 Å². The summed E-state index contributed by atoms with van der Waals surface area (Å²) in [6, 6.07) is 1.89. The first-order chi connectivity index (χ1) is 9.47. The van der Waals surface area contributed by atoms with Gasteiger partial charge in [-0.1, -0.05) is 0 Å². The highest BCUT2D eigenvalue weighted by molar-refractivity contribution is 7.12. The number of carbonyl (C=O) groups excluding carboxylic acids is 2. The molecule has 1 fully saturated rings. The molecule has 1 aromatic rings. The molecule has 110 valence electrons. The van der Waals surface area contributed by atoms with Crippen LogP contribution in [0.15, 0.2) is 6.07 Å². The van der Waals surface area contributed by atoms with Crippen molar-refractivity contribution in [3.8, 4) is 0 Å². The van der Waals surface area contributed by atoms with Gasteiger partial charge in [-0.25, -0.2) is 0 Å². The average Bonchev–Trinajstić information content (AvgIpc) is 2.86. The number of hydrogen-bond donors (Lipinski definition) is 1. The van der Waals surface area contributed by atoms with Crippen LogP contribution in [-0.4, -0.2) is 36.3 Å². The standard InChI is InChI=1S/C15H22N2O2S/c1-10-9-12(11(2)20-10)5-4-6-14(18)16-13-7-8-17(3)15(13)19/h9,13H,4-8H2,1-3H3,(H,16,18)/t13-/m0/s1. The Bertz CT molecular complexity index is 510. The van der Waals surface area contributed by atoms with Gasteiger partial charge in [-0.3, -0.25) is 9.59 Å². The molecule has 0 saturated carbocycles. The van der Waals surface area contributed by atoms with Crippen molar-refractivity contribution < 1.29 is 9.59 Å². The second-order valence-electron chi connectivity index (χ2n) is 5.46. The number of aryl methyl sites for hydroxylation is 3. The third-order valence-electron chi connectivity index (χ3n) is 3.76. The Balaban J connectivity index is 1.73. The second-order valence-corrected chi connectivity index (χ2v) is 6.92. The molecule has 0 bridgehead atoms. The molecular weight excluding hydrogens is 272 g/mol. The lowest BCUT2D eigenvalue weighted by Crippen LogP contribution is -2.40. The van der Waals surface area contributed by atoms with E-state index >= 15 is 0 Å². The minimum absolute atomic E-state index is 0.0109. The summed E-state index contributed by atoms with van der Waals surface area (Å²) in [7, 11) is 1.77. The van der Waals surface area contributed by atoms with E-state index in [0.29, 0.717) is 6.42 Å². The molecule has 0 aromatic carbocycles. The number of nitrogens with zero attached hydrogens (tertiary/aromatic N) is 1. The van der Waals surface area contributed by atoms with Crippen LogP contribution in [0, 0.1) is 13.8 Å². The van der Waals surface area contributed by atoms with E-state index in [0.717, 1.165) is 25.8 Å². The van der Waals surface area contributed by atoms with E-state index in [-0.39, 0.29) is 17.9 Å². The molecule has 4 nitrogen and oxygen atoms in total. The van der Waals surface area contributed by atoms with Gasteiger partial charge >= 0.3 is 0 Å². The van der Waals surface area contributed by atoms with E-state index in [9.17, 15) is 9.59 Å². The Hall–Kier alpha value is -1.36. The summed E-state index contributed by atoms with van der Waals surface area (Å²) in [4.78, 5) is 27.9. The molecule has 1 N–H and O–H groups in total. The zero-order valence-corrected chi connectivity index (χ0v) is 13.2. The van der Waals surface area contributed by atoms with Crippen LogP contribution in [0.25, 0.3) is 0 Å². The molecule has 0 aliphatic carbocycles. The molecule has 0 unspecified atom stereocenters. The van der Waals surface area contributed by atoms with Gasteiger partial charge < -0.3 is 10.2 Å². The first-order valence-corrected chi connectivity index (χ1v) is 7.89. The zero-order valence-electron chi connectivity index (χ0n) is 12.4. The highest BCUT2D eigenvalue weighted by atomic mass is 32.1. The van der Waals surface area contributed by atoms with E-state index in [4.69, 9.17) is 0 Å². The van der Waals surface area contributed by atoms with Gasteiger partial charge in [-0.05, 0) is 44.7 Å². The fourth-order valence-electron chi connectivity index (χ4n) is 2.59. The molecule has 1 aromatic heterocycles. The van der Waals surface area contributed by atoms with Crippen molar-refractivity contribution in [2.24, 2.45) is 0 Å². The molecule has 1 saturated heterocycles. The SMILES string of the molecule is Cc1cc(CCCC(=O)N[C@H]2CCN(C)C2=O)c(C)s1. The maximum Gasteiger partial charge on any atom is 0.244 e. The largest absolute Gasteiger partial charge is 0.344 e. The molecule has 2 rings (SSSR count). The Kier molecular flexibility index (Phi) is 4.81. The maximum atomic E-state index is 11.9. The van der Waals surface area contributed by atoms with E-state index in [1.165, 1.54) is 15.3 Å². The molecule has 1 atom stereocenters. The molecule has 2 amide bonds. The van der Waals surface area contributed by atoms with Gasteiger partial charge in [0.2, 0.25) is 11.8 Å². The summed E-state index contributed by atoms with van der Waals surface area (Å²) in [5.74, 6) is 0.0194. The minimum Gasteiger partial charge on any atom is -0.344 e. The van der Waals surface area contributed by atoms with Crippen LogP contribution in [0.1, 0.15) is 34.6 Å². The molecule has 0 spiro atoms. The van der Waals surface area contributed by atoms with Gasteiger partial charge in [-0.15, -0.1) is 11.3 Å². The van der Waals surface area contributed by atoms with Crippen LogP contribution in [0.4, 0.5) is 0 Å².